The van der Waals surface area contributed by atoms with Crippen LogP contribution in [-0.2, 0) is 0 Å². The fourth-order valence-corrected chi connectivity index (χ4v) is 1.90. The van der Waals surface area contributed by atoms with E-state index in [2.05, 4.69) is 26.1 Å². The Morgan fingerprint density at radius 2 is 1.94 bits per heavy atom. The molecule has 1 aromatic rings. The Labute approximate surface area is 110 Å². The first-order valence-corrected chi connectivity index (χ1v) is 6.64. The van der Waals surface area contributed by atoms with Gasteiger partial charge in [0.15, 0.2) is 0 Å². The van der Waals surface area contributed by atoms with Crippen LogP contribution < -0.4 is 10.1 Å². The number of para-hydroxylation sites is 1. The Bertz CT molecular complexity index is 354. The molecule has 0 amide bonds. The van der Waals surface area contributed by atoms with E-state index in [1.807, 2.05) is 24.3 Å². The van der Waals surface area contributed by atoms with Crippen molar-refractivity contribution in [2.24, 2.45) is 5.92 Å². The molecule has 0 aliphatic heterocycles. The largest absolute Gasteiger partial charge is 0.496 e. The predicted octanol–water partition coefficient (Wildman–Crippen LogP) is 2.75. The summed E-state index contributed by atoms with van der Waals surface area (Å²) >= 11 is 0. The number of benzene rings is 1. The lowest BCUT2D eigenvalue weighted by atomic mass is 10.0. The standard InChI is InChI=1S/C15H25NO2/c1-5-11(2)14(17)10-16-12(3)13-8-6-7-9-15(13)18-4/h6-9,11-12,14,16-17H,5,10H2,1-4H3. The lowest BCUT2D eigenvalue weighted by molar-refractivity contribution is 0.110. The van der Waals surface area contributed by atoms with Gasteiger partial charge >= 0.3 is 0 Å². The van der Waals surface area contributed by atoms with Crippen molar-refractivity contribution in [2.45, 2.75) is 39.3 Å². The summed E-state index contributed by atoms with van der Waals surface area (Å²) in [5.74, 6) is 1.21. The monoisotopic (exact) mass is 251 g/mol. The fraction of sp³-hybridized carbons (Fsp3) is 0.600. The van der Waals surface area contributed by atoms with Crippen LogP contribution in [0.2, 0.25) is 0 Å². The zero-order chi connectivity index (χ0) is 13.5. The summed E-state index contributed by atoms with van der Waals surface area (Å²) < 4.78 is 5.34. The highest BCUT2D eigenvalue weighted by atomic mass is 16.5. The van der Waals surface area contributed by atoms with Crippen molar-refractivity contribution in [3.63, 3.8) is 0 Å². The summed E-state index contributed by atoms with van der Waals surface area (Å²) in [7, 11) is 1.68. The minimum atomic E-state index is -0.299. The van der Waals surface area contributed by atoms with Crippen molar-refractivity contribution in [2.75, 3.05) is 13.7 Å². The minimum absolute atomic E-state index is 0.167. The average Bonchev–Trinajstić information content (AvgIpc) is 2.43. The van der Waals surface area contributed by atoms with E-state index in [1.54, 1.807) is 7.11 Å². The van der Waals surface area contributed by atoms with Crippen LogP contribution in [0.3, 0.4) is 0 Å². The maximum atomic E-state index is 9.95. The van der Waals surface area contributed by atoms with Crippen LogP contribution in [0.15, 0.2) is 24.3 Å². The second-order valence-corrected chi connectivity index (χ2v) is 4.82. The van der Waals surface area contributed by atoms with E-state index in [-0.39, 0.29) is 12.1 Å². The van der Waals surface area contributed by atoms with Gasteiger partial charge in [-0.15, -0.1) is 0 Å². The highest BCUT2D eigenvalue weighted by molar-refractivity contribution is 5.35. The van der Waals surface area contributed by atoms with Gasteiger partial charge in [-0.1, -0.05) is 38.5 Å². The fourth-order valence-electron chi connectivity index (χ4n) is 1.90. The Hall–Kier alpha value is -1.06. The maximum Gasteiger partial charge on any atom is 0.123 e. The lowest BCUT2D eigenvalue weighted by Crippen LogP contribution is -2.33. The molecule has 0 fully saturated rings. The molecule has 0 aliphatic carbocycles. The first-order valence-electron chi connectivity index (χ1n) is 6.64. The number of hydrogen-bond donors (Lipinski definition) is 2. The van der Waals surface area contributed by atoms with Gasteiger partial charge in [-0.05, 0) is 18.9 Å². The zero-order valence-corrected chi connectivity index (χ0v) is 11.8. The van der Waals surface area contributed by atoms with E-state index in [1.165, 1.54) is 0 Å². The van der Waals surface area contributed by atoms with Crippen LogP contribution in [0, 0.1) is 5.92 Å². The number of ether oxygens (including phenoxy) is 1. The Balaban J connectivity index is 2.57. The van der Waals surface area contributed by atoms with Crippen LogP contribution >= 0.6 is 0 Å². The van der Waals surface area contributed by atoms with Crippen molar-refractivity contribution in [3.8, 4) is 5.75 Å². The lowest BCUT2D eigenvalue weighted by Gasteiger charge is -2.22. The van der Waals surface area contributed by atoms with E-state index >= 15 is 0 Å². The molecule has 0 saturated carbocycles. The number of methoxy groups -OCH3 is 1. The molecule has 0 aliphatic rings. The van der Waals surface area contributed by atoms with Gasteiger partial charge in [-0.25, -0.2) is 0 Å². The van der Waals surface area contributed by atoms with Gasteiger partial charge in [0.25, 0.3) is 0 Å². The average molecular weight is 251 g/mol. The van der Waals surface area contributed by atoms with Crippen molar-refractivity contribution in [1.29, 1.82) is 0 Å². The Morgan fingerprint density at radius 3 is 2.56 bits per heavy atom. The van der Waals surface area contributed by atoms with Gasteiger partial charge in [0.05, 0.1) is 13.2 Å². The van der Waals surface area contributed by atoms with Gasteiger partial charge in [0.2, 0.25) is 0 Å². The summed E-state index contributed by atoms with van der Waals surface area (Å²) in [4.78, 5) is 0. The van der Waals surface area contributed by atoms with E-state index in [9.17, 15) is 5.11 Å². The number of hydrogen-bond acceptors (Lipinski definition) is 3. The first-order chi connectivity index (χ1) is 8.60. The highest BCUT2D eigenvalue weighted by Crippen LogP contribution is 2.24. The van der Waals surface area contributed by atoms with Gasteiger partial charge in [-0.2, -0.15) is 0 Å². The molecule has 3 nitrogen and oxygen atoms in total. The van der Waals surface area contributed by atoms with Crippen LogP contribution in [0.1, 0.15) is 38.8 Å². The van der Waals surface area contributed by atoms with Gasteiger partial charge in [0.1, 0.15) is 5.75 Å². The molecule has 0 saturated heterocycles. The third kappa shape index (κ3) is 4.00. The summed E-state index contributed by atoms with van der Waals surface area (Å²) in [5.41, 5.74) is 1.12. The third-order valence-electron chi connectivity index (χ3n) is 3.54. The normalized spacial score (nSPS) is 16.1. The number of aliphatic hydroxyl groups excluding tert-OH is 1. The molecule has 0 bridgehead atoms. The summed E-state index contributed by atoms with van der Waals surface area (Å²) in [6.07, 6.45) is 0.693. The van der Waals surface area contributed by atoms with E-state index in [0.29, 0.717) is 12.5 Å². The van der Waals surface area contributed by atoms with Crippen LogP contribution in [0.25, 0.3) is 0 Å². The summed E-state index contributed by atoms with van der Waals surface area (Å²) in [5, 5.41) is 13.3. The van der Waals surface area contributed by atoms with Crippen molar-refractivity contribution < 1.29 is 9.84 Å². The highest BCUT2D eigenvalue weighted by Gasteiger charge is 2.15. The van der Waals surface area contributed by atoms with Gasteiger partial charge < -0.3 is 15.2 Å². The van der Waals surface area contributed by atoms with Crippen LogP contribution in [0.5, 0.6) is 5.75 Å². The molecule has 3 heteroatoms. The van der Waals surface area contributed by atoms with Gasteiger partial charge in [-0.3, -0.25) is 0 Å². The molecule has 1 aromatic carbocycles. The molecule has 2 N–H and O–H groups in total. The molecule has 3 unspecified atom stereocenters. The van der Waals surface area contributed by atoms with E-state index in [0.717, 1.165) is 17.7 Å². The van der Waals surface area contributed by atoms with Crippen molar-refractivity contribution in [1.82, 2.24) is 5.32 Å². The molecule has 0 radical (unpaired) electrons. The van der Waals surface area contributed by atoms with Crippen LogP contribution in [-0.4, -0.2) is 24.9 Å². The second kappa shape index (κ2) is 7.39. The molecule has 18 heavy (non-hydrogen) atoms. The molecule has 0 aromatic heterocycles. The zero-order valence-electron chi connectivity index (χ0n) is 11.8. The third-order valence-corrected chi connectivity index (χ3v) is 3.54. The van der Waals surface area contributed by atoms with E-state index in [4.69, 9.17) is 4.74 Å². The molecule has 3 atom stereocenters. The number of nitrogens with one attached hydrogen (secondary N) is 1. The second-order valence-electron chi connectivity index (χ2n) is 4.82. The van der Waals surface area contributed by atoms with Crippen molar-refractivity contribution >= 4 is 0 Å². The Morgan fingerprint density at radius 1 is 1.28 bits per heavy atom. The Kier molecular flexibility index (Phi) is 6.16. The molecule has 0 heterocycles. The number of rotatable bonds is 7. The summed E-state index contributed by atoms with van der Waals surface area (Å²) in [6, 6.07) is 8.13. The van der Waals surface area contributed by atoms with E-state index < -0.39 is 0 Å². The predicted molar refractivity (Wildman–Crippen MR) is 74.9 cm³/mol. The first kappa shape index (κ1) is 15.0. The smallest absolute Gasteiger partial charge is 0.123 e. The minimum Gasteiger partial charge on any atom is -0.496 e. The summed E-state index contributed by atoms with van der Waals surface area (Å²) in [6.45, 7) is 6.85. The molecule has 0 spiro atoms. The van der Waals surface area contributed by atoms with Crippen LogP contribution in [0.4, 0.5) is 0 Å². The van der Waals surface area contributed by atoms with Crippen molar-refractivity contribution in [3.05, 3.63) is 29.8 Å². The molecule has 1 rings (SSSR count). The quantitative estimate of drug-likeness (QED) is 0.783. The topological polar surface area (TPSA) is 41.5 Å². The molecule has 102 valence electrons. The maximum absolute atomic E-state index is 9.95. The van der Waals surface area contributed by atoms with Gasteiger partial charge in [0, 0.05) is 18.2 Å². The SMILES string of the molecule is CCC(C)C(O)CNC(C)c1ccccc1OC. The molecular weight excluding hydrogens is 226 g/mol. The number of aliphatic hydroxyl groups is 1. The molecular formula is C15H25NO2.